The van der Waals surface area contributed by atoms with E-state index in [-0.39, 0.29) is 11.7 Å². The van der Waals surface area contributed by atoms with Crippen molar-refractivity contribution in [2.45, 2.75) is 25.8 Å². The third-order valence-electron chi connectivity index (χ3n) is 4.02. The molecule has 0 bridgehead atoms. The topological polar surface area (TPSA) is 73.0 Å². The fourth-order valence-corrected chi connectivity index (χ4v) is 2.87. The molecule has 6 heteroatoms. The monoisotopic (exact) mass is 308 g/mol. The number of hydrogen-bond donors (Lipinski definition) is 1. The Bertz CT molecular complexity index is 813. The normalized spacial score (nSPS) is 13.6. The third kappa shape index (κ3) is 2.63. The Labute approximate surface area is 133 Å². The van der Waals surface area contributed by atoms with Crippen LogP contribution in [0.15, 0.2) is 47.2 Å². The maximum absolute atomic E-state index is 12.2. The minimum absolute atomic E-state index is 0.184. The van der Waals surface area contributed by atoms with Crippen LogP contribution in [-0.2, 0) is 13.0 Å². The minimum atomic E-state index is -0.320. The average molecular weight is 308 g/mol. The van der Waals surface area contributed by atoms with Gasteiger partial charge in [-0.3, -0.25) is 4.79 Å². The predicted octanol–water partition coefficient (Wildman–Crippen LogP) is 3.13. The first-order valence-electron chi connectivity index (χ1n) is 7.69. The number of para-hydroxylation sites is 1. The molecular weight excluding hydrogens is 292 g/mol. The molecule has 2 aromatic heterocycles. The number of carbonyl (C=O) groups excluding carboxylic acids is 1. The van der Waals surface area contributed by atoms with Gasteiger partial charge in [-0.2, -0.15) is 0 Å². The van der Waals surface area contributed by atoms with Gasteiger partial charge in [0.25, 0.3) is 5.91 Å². The van der Waals surface area contributed by atoms with Gasteiger partial charge in [0.2, 0.25) is 5.76 Å². The molecule has 1 aliphatic rings. The van der Waals surface area contributed by atoms with Gasteiger partial charge in [0.1, 0.15) is 5.82 Å². The van der Waals surface area contributed by atoms with Crippen molar-refractivity contribution in [3.05, 3.63) is 54.3 Å². The number of fused-ring (bicyclic) bond motifs is 1. The molecule has 0 saturated carbocycles. The van der Waals surface area contributed by atoms with Crippen molar-refractivity contribution in [3.63, 3.8) is 0 Å². The van der Waals surface area contributed by atoms with Gasteiger partial charge in [0, 0.05) is 30.8 Å². The lowest BCUT2D eigenvalue weighted by molar-refractivity contribution is 0.0988. The van der Waals surface area contributed by atoms with Crippen LogP contribution in [0.2, 0.25) is 0 Å². The van der Waals surface area contributed by atoms with E-state index < -0.39 is 0 Å². The molecule has 4 rings (SSSR count). The molecule has 1 N–H and O–H groups in total. The van der Waals surface area contributed by atoms with Gasteiger partial charge in [-0.1, -0.05) is 23.4 Å². The molecule has 6 nitrogen and oxygen atoms in total. The van der Waals surface area contributed by atoms with Crippen LogP contribution in [0.25, 0.3) is 11.3 Å². The summed E-state index contributed by atoms with van der Waals surface area (Å²) < 4.78 is 7.10. The van der Waals surface area contributed by atoms with E-state index in [2.05, 4.69) is 21.2 Å². The van der Waals surface area contributed by atoms with Gasteiger partial charge in [-0.05, 0) is 18.9 Å². The average Bonchev–Trinajstić information content (AvgIpc) is 3.25. The lowest BCUT2D eigenvalue weighted by Gasteiger charge is -2.11. The lowest BCUT2D eigenvalue weighted by atomic mass is 10.1. The summed E-state index contributed by atoms with van der Waals surface area (Å²) in [5.41, 5.74) is 2.50. The van der Waals surface area contributed by atoms with Crippen molar-refractivity contribution in [2.75, 3.05) is 5.32 Å². The summed E-state index contributed by atoms with van der Waals surface area (Å²) in [6, 6.07) is 9.19. The number of nitrogens with one attached hydrogen (secondary N) is 1. The highest BCUT2D eigenvalue weighted by atomic mass is 16.5. The second-order valence-electron chi connectivity index (χ2n) is 5.57. The smallest absolute Gasteiger partial charge is 0.294 e. The van der Waals surface area contributed by atoms with Crippen molar-refractivity contribution in [3.8, 4) is 11.3 Å². The number of hydrogen-bond acceptors (Lipinski definition) is 4. The number of anilines is 1. The molecule has 0 radical (unpaired) electrons. The molecule has 0 aliphatic carbocycles. The molecule has 23 heavy (non-hydrogen) atoms. The van der Waals surface area contributed by atoms with Crippen LogP contribution in [0.1, 0.15) is 29.2 Å². The molecule has 1 amide bonds. The molecule has 0 fully saturated rings. The number of aromatic nitrogens is 3. The first kappa shape index (κ1) is 13.8. The second kappa shape index (κ2) is 5.72. The lowest BCUT2D eigenvalue weighted by Crippen LogP contribution is -2.11. The van der Waals surface area contributed by atoms with E-state index in [1.165, 1.54) is 25.1 Å². The summed E-state index contributed by atoms with van der Waals surface area (Å²) in [7, 11) is 0. The van der Waals surface area contributed by atoms with Crippen LogP contribution in [0.5, 0.6) is 0 Å². The highest BCUT2D eigenvalue weighted by molar-refractivity contribution is 6.04. The van der Waals surface area contributed by atoms with E-state index in [9.17, 15) is 4.79 Å². The van der Waals surface area contributed by atoms with Crippen molar-refractivity contribution in [1.82, 2.24) is 14.7 Å². The zero-order valence-corrected chi connectivity index (χ0v) is 12.5. The first-order chi connectivity index (χ1) is 11.3. The van der Waals surface area contributed by atoms with Gasteiger partial charge in [-0.15, -0.1) is 0 Å². The maximum Gasteiger partial charge on any atom is 0.294 e. The van der Waals surface area contributed by atoms with E-state index in [0.29, 0.717) is 5.69 Å². The fraction of sp³-hybridized carbons (Fsp3) is 0.235. The largest absolute Gasteiger partial charge is 0.351 e. The molecule has 1 aliphatic heterocycles. The van der Waals surface area contributed by atoms with Gasteiger partial charge in [0.05, 0.1) is 17.6 Å². The zero-order valence-electron chi connectivity index (χ0n) is 12.5. The van der Waals surface area contributed by atoms with Crippen molar-refractivity contribution in [1.29, 1.82) is 0 Å². The SMILES string of the molecule is O=C(Nc1ccccc1-c1cn2c(n1)CCCC2)c1ccno1. The summed E-state index contributed by atoms with van der Waals surface area (Å²) in [6.45, 7) is 1.01. The molecular formula is C17H16N4O2. The number of aryl methyl sites for hydroxylation is 2. The number of carbonyl (C=O) groups is 1. The number of amides is 1. The highest BCUT2D eigenvalue weighted by Gasteiger charge is 2.17. The van der Waals surface area contributed by atoms with Crippen LogP contribution in [0.3, 0.4) is 0 Å². The summed E-state index contributed by atoms with van der Waals surface area (Å²) in [6.07, 6.45) is 6.89. The van der Waals surface area contributed by atoms with E-state index >= 15 is 0 Å². The van der Waals surface area contributed by atoms with Crippen LogP contribution in [0, 0.1) is 0 Å². The number of benzene rings is 1. The Hall–Kier alpha value is -2.89. The second-order valence-corrected chi connectivity index (χ2v) is 5.57. The fourth-order valence-electron chi connectivity index (χ4n) is 2.87. The molecule has 0 spiro atoms. The Morgan fingerprint density at radius 2 is 2.13 bits per heavy atom. The van der Waals surface area contributed by atoms with Crippen molar-refractivity contribution < 1.29 is 9.32 Å². The Morgan fingerprint density at radius 3 is 2.96 bits per heavy atom. The summed E-state index contributed by atoms with van der Waals surface area (Å²) in [5, 5.41) is 6.43. The van der Waals surface area contributed by atoms with E-state index in [1.54, 1.807) is 0 Å². The first-order valence-corrected chi connectivity index (χ1v) is 7.69. The molecule has 3 aromatic rings. The van der Waals surface area contributed by atoms with E-state index in [4.69, 9.17) is 9.51 Å². The van der Waals surface area contributed by atoms with Gasteiger partial charge >= 0.3 is 0 Å². The Balaban J connectivity index is 1.67. The minimum Gasteiger partial charge on any atom is -0.351 e. The Morgan fingerprint density at radius 1 is 1.22 bits per heavy atom. The van der Waals surface area contributed by atoms with Crippen molar-refractivity contribution >= 4 is 11.6 Å². The molecule has 116 valence electrons. The molecule has 0 atom stereocenters. The van der Waals surface area contributed by atoms with Gasteiger partial charge < -0.3 is 14.4 Å². The number of rotatable bonds is 3. The molecule has 3 heterocycles. The quantitative estimate of drug-likeness (QED) is 0.807. The van der Waals surface area contributed by atoms with Crippen LogP contribution in [-0.4, -0.2) is 20.6 Å². The summed E-state index contributed by atoms with van der Waals surface area (Å²) in [5.74, 6) is 0.977. The van der Waals surface area contributed by atoms with Crippen LogP contribution < -0.4 is 5.32 Å². The van der Waals surface area contributed by atoms with E-state index in [0.717, 1.165) is 30.0 Å². The van der Waals surface area contributed by atoms with Gasteiger partial charge in [0.15, 0.2) is 0 Å². The van der Waals surface area contributed by atoms with Crippen LogP contribution in [0.4, 0.5) is 5.69 Å². The summed E-state index contributed by atoms with van der Waals surface area (Å²) in [4.78, 5) is 16.9. The van der Waals surface area contributed by atoms with Gasteiger partial charge in [-0.25, -0.2) is 4.98 Å². The predicted molar refractivity (Wildman–Crippen MR) is 85.1 cm³/mol. The third-order valence-corrected chi connectivity index (χ3v) is 4.02. The number of imidazole rings is 1. The number of nitrogens with zero attached hydrogens (tertiary/aromatic N) is 3. The molecule has 0 unspecified atom stereocenters. The standard InChI is InChI=1S/C17H16N4O2/c22-17(15-8-9-18-23-15)20-13-6-2-1-5-12(13)14-11-21-10-4-3-7-16(21)19-14/h1-2,5-6,8-9,11H,3-4,7,10H2,(H,20,22). The molecule has 1 aromatic carbocycles. The summed E-state index contributed by atoms with van der Waals surface area (Å²) >= 11 is 0. The maximum atomic E-state index is 12.2. The zero-order chi connectivity index (χ0) is 15.6. The van der Waals surface area contributed by atoms with Crippen molar-refractivity contribution in [2.24, 2.45) is 0 Å². The van der Waals surface area contributed by atoms with E-state index in [1.807, 2.05) is 24.3 Å². The highest BCUT2D eigenvalue weighted by Crippen LogP contribution is 2.29. The molecule has 0 saturated heterocycles. The Kier molecular flexibility index (Phi) is 3.42. The van der Waals surface area contributed by atoms with Crippen LogP contribution >= 0.6 is 0 Å².